The molecule has 124 valence electrons. The maximum absolute atomic E-state index is 5.37. The van der Waals surface area contributed by atoms with Gasteiger partial charge >= 0.3 is 0 Å². The Labute approximate surface area is 151 Å². The van der Waals surface area contributed by atoms with E-state index in [-0.39, 0.29) is 24.0 Å². The highest BCUT2D eigenvalue weighted by Gasteiger charge is 2.18. The summed E-state index contributed by atoms with van der Waals surface area (Å²) in [5, 5.41) is 6.91. The number of hydrogen-bond donors (Lipinski definition) is 2. The Balaban J connectivity index is 0.00000242. The summed E-state index contributed by atoms with van der Waals surface area (Å²) >= 11 is 0. The third-order valence-electron chi connectivity index (χ3n) is 4.22. The van der Waals surface area contributed by atoms with E-state index in [1.165, 1.54) is 25.7 Å². The molecular weight excluding hydrogens is 389 g/mol. The first kappa shape index (κ1) is 19.1. The van der Waals surface area contributed by atoms with Gasteiger partial charge in [0.05, 0.1) is 7.11 Å². The van der Waals surface area contributed by atoms with Crippen LogP contribution in [-0.2, 0) is 6.54 Å². The van der Waals surface area contributed by atoms with E-state index in [0.717, 1.165) is 23.2 Å². The molecule has 1 aliphatic rings. The Hall–Kier alpha value is -0.980. The molecule has 5 heteroatoms. The second-order valence-corrected chi connectivity index (χ2v) is 5.84. The molecule has 1 aromatic rings. The number of rotatable bonds is 4. The molecule has 0 saturated heterocycles. The highest BCUT2D eigenvalue weighted by Crippen LogP contribution is 2.23. The highest BCUT2D eigenvalue weighted by molar-refractivity contribution is 14.0. The van der Waals surface area contributed by atoms with Crippen LogP contribution < -0.4 is 15.4 Å². The van der Waals surface area contributed by atoms with Gasteiger partial charge in [-0.2, -0.15) is 0 Å². The Kier molecular flexibility index (Phi) is 8.60. The fraction of sp³-hybridized carbons (Fsp3) is 0.588. The number of nitrogens with zero attached hydrogens (tertiary/aromatic N) is 1. The van der Waals surface area contributed by atoms with Crippen molar-refractivity contribution in [1.29, 1.82) is 0 Å². The molecular formula is C17H28IN3O. The number of aliphatic imine (C=N–C) groups is 1. The summed E-state index contributed by atoms with van der Waals surface area (Å²) in [6.07, 6.45) is 5.08. The average molecular weight is 417 g/mol. The molecule has 0 heterocycles. The third-order valence-corrected chi connectivity index (χ3v) is 4.22. The number of guanidine groups is 1. The van der Waals surface area contributed by atoms with Crippen molar-refractivity contribution >= 4 is 29.9 Å². The summed E-state index contributed by atoms with van der Waals surface area (Å²) in [7, 11) is 3.53. The topological polar surface area (TPSA) is 45.7 Å². The molecule has 22 heavy (non-hydrogen) atoms. The number of halogens is 1. The molecule has 0 radical (unpaired) electrons. The second-order valence-electron chi connectivity index (χ2n) is 5.84. The van der Waals surface area contributed by atoms with Crippen LogP contribution in [0.25, 0.3) is 0 Å². The highest BCUT2D eigenvalue weighted by atomic mass is 127. The van der Waals surface area contributed by atoms with Crippen LogP contribution in [0.4, 0.5) is 0 Å². The maximum Gasteiger partial charge on any atom is 0.191 e. The Morgan fingerprint density at radius 1 is 1.23 bits per heavy atom. The van der Waals surface area contributed by atoms with Crippen molar-refractivity contribution in [2.24, 2.45) is 10.9 Å². The van der Waals surface area contributed by atoms with Gasteiger partial charge in [0.25, 0.3) is 0 Å². The van der Waals surface area contributed by atoms with Crippen molar-refractivity contribution in [2.75, 3.05) is 14.2 Å². The van der Waals surface area contributed by atoms with Crippen LogP contribution in [0.5, 0.6) is 5.75 Å². The van der Waals surface area contributed by atoms with Gasteiger partial charge in [-0.25, -0.2) is 0 Å². The first-order valence-corrected chi connectivity index (χ1v) is 7.82. The van der Waals surface area contributed by atoms with Gasteiger partial charge in [0.2, 0.25) is 0 Å². The van der Waals surface area contributed by atoms with Crippen LogP contribution in [0.2, 0.25) is 0 Å². The van der Waals surface area contributed by atoms with Crippen LogP contribution in [-0.4, -0.2) is 26.2 Å². The van der Waals surface area contributed by atoms with E-state index >= 15 is 0 Å². The van der Waals surface area contributed by atoms with Crippen molar-refractivity contribution in [2.45, 2.75) is 45.2 Å². The summed E-state index contributed by atoms with van der Waals surface area (Å²) in [5.74, 6) is 2.65. The normalized spacial score (nSPS) is 21.7. The van der Waals surface area contributed by atoms with Crippen LogP contribution in [0.1, 0.15) is 38.2 Å². The summed E-state index contributed by atoms with van der Waals surface area (Å²) < 4.78 is 5.37. The molecule has 0 amide bonds. The minimum absolute atomic E-state index is 0. The number of benzene rings is 1. The molecule has 4 nitrogen and oxygen atoms in total. The zero-order chi connectivity index (χ0) is 15.1. The number of hydrogen-bond acceptors (Lipinski definition) is 2. The first-order chi connectivity index (χ1) is 10.2. The van der Waals surface area contributed by atoms with E-state index in [2.05, 4.69) is 28.6 Å². The fourth-order valence-corrected chi connectivity index (χ4v) is 2.82. The molecule has 0 atom stereocenters. The third kappa shape index (κ3) is 5.66. The molecule has 0 bridgehead atoms. The predicted octanol–water partition coefficient (Wildman–Crippen LogP) is 3.56. The lowest BCUT2D eigenvalue weighted by atomic mass is 9.87. The monoisotopic (exact) mass is 417 g/mol. The van der Waals surface area contributed by atoms with Crippen molar-refractivity contribution in [1.82, 2.24) is 10.6 Å². The maximum atomic E-state index is 5.37. The van der Waals surface area contributed by atoms with Crippen LogP contribution in [0.15, 0.2) is 29.3 Å². The number of ether oxygens (including phenoxy) is 1. The SMILES string of the molecule is CN=C(NCc1ccccc1OC)NC1CCC(C)CC1.I. The number of nitrogens with one attached hydrogen (secondary N) is 2. The average Bonchev–Trinajstić information content (AvgIpc) is 2.53. The Bertz CT molecular complexity index is 471. The Morgan fingerprint density at radius 3 is 2.55 bits per heavy atom. The predicted molar refractivity (Wildman–Crippen MR) is 103 cm³/mol. The zero-order valence-electron chi connectivity index (χ0n) is 13.8. The largest absolute Gasteiger partial charge is 0.496 e. The smallest absolute Gasteiger partial charge is 0.191 e. The first-order valence-electron chi connectivity index (χ1n) is 7.82. The van der Waals surface area contributed by atoms with E-state index in [4.69, 9.17) is 4.74 Å². The standard InChI is InChI=1S/C17H27N3O.HI/c1-13-8-10-15(11-9-13)20-17(18-2)19-12-14-6-4-5-7-16(14)21-3;/h4-7,13,15H,8-12H2,1-3H3,(H2,18,19,20);1H. The Morgan fingerprint density at radius 2 is 1.91 bits per heavy atom. The van der Waals surface area contributed by atoms with E-state index in [0.29, 0.717) is 12.6 Å². The van der Waals surface area contributed by atoms with Crippen molar-refractivity contribution in [3.05, 3.63) is 29.8 Å². The lowest BCUT2D eigenvalue weighted by molar-refractivity contribution is 0.329. The van der Waals surface area contributed by atoms with Crippen molar-refractivity contribution in [3.8, 4) is 5.75 Å². The van der Waals surface area contributed by atoms with E-state index in [1.807, 2.05) is 25.2 Å². The molecule has 1 aliphatic carbocycles. The number of para-hydroxylation sites is 1. The molecule has 1 saturated carbocycles. The van der Waals surface area contributed by atoms with Gasteiger partial charge < -0.3 is 15.4 Å². The molecule has 1 aromatic carbocycles. The van der Waals surface area contributed by atoms with Crippen molar-refractivity contribution in [3.63, 3.8) is 0 Å². The fourth-order valence-electron chi connectivity index (χ4n) is 2.82. The molecule has 2 rings (SSSR count). The van der Waals surface area contributed by atoms with E-state index in [1.54, 1.807) is 7.11 Å². The summed E-state index contributed by atoms with van der Waals surface area (Å²) in [4.78, 5) is 4.33. The number of methoxy groups -OCH3 is 1. The second kappa shape index (κ2) is 9.92. The molecule has 1 fully saturated rings. The zero-order valence-corrected chi connectivity index (χ0v) is 16.1. The van der Waals surface area contributed by atoms with Gasteiger partial charge in [0.15, 0.2) is 5.96 Å². The van der Waals surface area contributed by atoms with Gasteiger partial charge in [-0.15, -0.1) is 24.0 Å². The minimum Gasteiger partial charge on any atom is -0.496 e. The molecule has 2 N–H and O–H groups in total. The van der Waals surface area contributed by atoms with Gasteiger partial charge in [-0.1, -0.05) is 25.1 Å². The molecule has 0 spiro atoms. The molecule has 0 aromatic heterocycles. The van der Waals surface area contributed by atoms with Gasteiger partial charge in [0, 0.05) is 25.2 Å². The van der Waals surface area contributed by atoms with Crippen molar-refractivity contribution < 1.29 is 4.74 Å². The van der Waals surface area contributed by atoms with E-state index < -0.39 is 0 Å². The van der Waals surface area contributed by atoms with Crippen LogP contribution >= 0.6 is 24.0 Å². The van der Waals surface area contributed by atoms with Gasteiger partial charge in [0.1, 0.15) is 5.75 Å². The molecule has 0 aliphatic heterocycles. The lowest BCUT2D eigenvalue weighted by Crippen LogP contribution is -2.44. The van der Waals surface area contributed by atoms with E-state index in [9.17, 15) is 0 Å². The van der Waals surface area contributed by atoms with Crippen LogP contribution in [0, 0.1) is 5.92 Å². The van der Waals surface area contributed by atoms with Crippen LogP contribution in [0.3, 0.4) is 0 Å². The summed E-state index contributed by atoms with van der Waals surface area (Å²) in [5.41, 5.74) is 1.14. The quantitative estimate of drug-likeness (QED) is 0.448. The van der Waals surface area contributed by atoms with Gasteiger partial charge in [-0.3, -0.25) is 4.99 Å². The molecule has 0 unspecified atom stereocenters. The summed E-state index contributed by atoms with van der Waals surface area (Å²) in [6, 6.07) is 8.61. The lowest BCUT2D eigenvalue weighted by Gasteiger charge is -2.28. The minimum atomic E-state index is 0. The van der Waals surface area contributed by atoms with Gasteiger partial charge in [-0.05, 0) is 37.7 Å². The summed E-state index contributed by atoms with van der Waals surface area (Å²) in [6.45, 7) is 3.05.